The fourth-order valence-electron chi connectivity index (χ4n) is 2.07. The van der Waals surface area contributed by atoms with Gasteiger partial charge in [0, 0.05) is 12.3 Å². The molecule has 0 amide bonds. The maximum absolute atomic E-state index is 11.6. The van der Waals surface area contributed by atoms with Gasteiger partial charge in [0.1, 0.15) is 0 Å². The molecule has 0 fully saturated rings. The van der Waals surface area contributed by atoms with Crippen LogP contribution in [0.1, 0.15) is 18.5 Å². The van der Waals surface area contributed by atoms with Crippen LogP contribution in [-0.2, 0) is 9.84 Å². The normalized spacial score (nSPS) is 14.8. The topological polar surface area (TPSA) is 60.2 Å². The van der Waals surface area contributed by atoms with E-state index in [2.05, 4.69) is 0 Å². The molecule has 106 valence electrons. The summed E-state index contributed by atoms with van der Waals surface area (Å²) in [5.74, 6) is 0. The van der Waals surface area contributed by atoms with Crippen molar-refractivity contribution in [1.82, 2.24) is 0 Å². The van der Waals surface area contributed by atoms with Crippen molar-refractivity contribution in [2.75, 3.05) is 6.26 Å². The van der Waals surface area contributed by atoms with Gasteiger partial charge in [-0.05, 0) is 23.6 Å². The van der Waals surface area contributed by atoms with Gasteiger partial charge in [-0.15, -0.1) is 0 Å². The van der Waals surface area contributed by atoms with E-state index in [1.165, 1.54) is 6.26 Å². The molecule has 20 heavy (non-hydrogen) atoms. The molecule has 0 radical (unpaired) electrons. The van der Waals surface area contributed by atoms with E-state index >= 15 is 0 Å². The highest BCUT2D eigenvalue weighted by atomic mass is 32.2. The number of hydrogen-bond donors (Lipinski definition) is 1. The van der Waals surface area contributed by atoms with Crippen molar-refractivity contribution in [1.29, 1.82) is 0 Å². The van der Waals surface area contributed by atoms with Crippen LogP contribution in [0.25, 0.3) is 11.1 Å². The lowest BCUT2D eigenvalue weighted by Crippen LogP contribution is -2.30. The fraction of sp³-hybridized carbons (Fsp3) is 0.250. The minimum Gasteiger partial charge on any atom is -0.323 e. The Labute approximate surface area is 120 Å². The zero-order valence-corrected chi connectivity index (χ0v) is 12.5. The predicted octanol–water partition coefficient (Wildman–Crippen LogP) is 2.79. The van der Waals surface area contributed by atoms with E-state index < -0.39 is 21.1 Å². The van der Waals surface area contributed by atoms with Crippen LogP contribution >= 0.6 is 0 Å². The van der Waals surface area contributed by atoms with E-state index in [-0.39, 0.29) is 0 Å². The summed E-state index contributed by atoms with van der Waals surface area (Å²) in [5.41, 5.74) is 9.09. The second-order valence-corrected chi connectivity index (χ2v) is 7.45. The SMILES string of the molecule is C[C@H]([C@H](N)c1ccc(-c2ccccc2)cc1)S(C)(=O)=O. The highest BCUT2D eigenvalue weighted by Crippen LogP contribution is 2.24. The summed E-state index contributed by atoms with van der Waals surface area (Å²) in [6.07, 6.45) is 1.22. The van der Waals surface area contributed by atoms with Crippen molar-refractivity contribution in [3.63, 3.8) is 0 Å². The van der Waals surface area contributed by atoms with Gasteiger partial charge < -0.3 is 5.73 Å². The minimum atomic E-state index is -3.14. The summed E-state index contributed by atoms with van der Waals surface area (Å²) in [5, 5.41) is -0.593. The van der Waals surface area contributed by atoms with Gasteiger partial charge in [-0.3, -0.25) is 0 Å². The molecule has 0 aliphatic rings. The molecule has 2 atom stereocenters. The van der Waals surface area contributed by atoms with Crippen molar-refractivity contribution in [2.45, 2.75) is 18.2 Å². The van der Waals surface area contributed by atoms with Crippen molar-refractivity contribution in [3.05, 3.63) is 60.2 Å². The average molecular weight is 289 g/mol. The van der Waals surface area contributed by atoms with E-state index in [1.54, 1.807) is 6.92 Å². The molecular weight excluding hydrogens is 270 g/mol. The van der Waals surface area contributed by atoms with Gasteiger partial charge >= 0.3 is 0 Å². The van der Waals surface area contributed by atoms with Gasteiger partial charge in [-0.1, -0.05) is 54.6 Å². The molecule has 0 aromatic heterocycles. The molecule has 2 rings (SSSR count). The smallest absolute Gasteiger partial charge is 0.151 e. The van der Waals surface area contributed by atoms with Gasteiger partial charge in [-0.2, -0.15) is 0 Å². The number of hydrogen-bond acceptors (Lipinski definition) is 3. The Hall–Kier alpha value is -1.65. The Bertz CT molecular complexity index is 663. The van der Waals surface area contributed by atoms with Gasteiger partial charge in [0.05, 0.1) is 5.25 Å². The van der Waals surface area contributed by atoms with Crippen molar-refractivity contribution >= 4 is 9.84 Å². The zero-order valence-electron chi connectivity index (χ0n) is 11.7. The summed E-state index contributed by atoms with van der Waals surface area (Å²) in [6, 6.07) is 17.3. The highest BCUT2D eigenvalue weighted by Gasteiger charge is 2.23. The third-order valence-electron chi connectivity index (χ3n) is 3.58. The molecule has 2 aromatic carbocycles. The lowest BCUT2D eigenvalue weighted by Gasteiger charge is -2.19. The number of sulfone groups is 1. The molecule has 0 spiro atoms. The maximum Gasteiger partial charge on any atom is 0.151 e. The Balaban J connectivity index is 2.25. The van der Waals surface area contributed by atoms with Gasteiger partial charge in [-0.25, -0.2) is 8.42 Å². The summed E-state index contributed by atoms with van der Waals surface area (Å²) >= 11 is 0. The van der Waals surface area contributed by atoms with E-state index in [9.17, 15) is 8.42 Å². The Morgan fingerprint density at radius 3 is 1.90 bits per heavy atom. The second kappa shape index (κ2) is 5.77. The first-order chi connectivity index (χ1) is 9.39. The molecule has 0 aliphatic heterocycles. The third-order valence-corrected chi connectivity index (χ3v) is 5.23. The Kier molecular flexibility index (Phi) is 4.26. The predicted molar refractivity (Wildman–Crippen MR) is 83.1 cm³/mol. The van der Waals surface area contributed by atoms with Crippen LogP contribution in [0.5, 0.6) is 0 Å². The summed E-state index contributed by atoms with van der Waals surface area (Å²) in [6.45, 7) is 1.64. The van der Waals surface area contributed by atoms with Crippen LogP contribution in [0.4, 0.5) is 0 Å². The number of nitrogens with two attached hydrogens (primary N) is 1. The molecule has 4 heteroatoms. The lowest BCUT2D eigenvalue weighted by molar-refractivity contribution is 0.571. The van der Waals surface area contributed by atoms with E-state index in [4.69, 9.17) is 5.73 Å². The summed E-state index contributed by atoms with van der Waals surface area (Å²) in [4.78, 5) is 0. The minimum absolute atomic E-state index is 0.505. The monoisotopic (exact) mass is 289 g/mol. The molecule has 2 N–H and O–H groups in total. The Morgan fingerprint density at radius 1 is 0.900 bits per heavy atom. The molecule has 0 saturated carbocycles. The molecule has 0 bridgehead atoms. The van der Waals surface area contributed by atoms with E-state index in [0.29, 0.717) is 0 Å². The molecule has 0 unspecified atom stereocenters. The molecule has 0 aliphatic carbocycles. The van der Waals surface area contributed by atoms with E-state index in [1.807, 2.05) is 54.6 Å². The Morgan fingerprint density at radius 2 is 1.40 bits per heavy atom. The summed E-state index contributed by atoms with van der Waals surface area (Å²) < 4.78 is 23.1. The molecule has 0 heterocycles. The molecule has 3 nitrogen and oxygen atoms in total. The van der Waals surface area contributed by atoms with Crippen LogP contribution in [-0.4, -0.2) is 19.9 Å². The third kappa shape index (κ3) is 3.26. The van der Waals surface area contributed by atoms with Gasteiger partial charge in [0.25, 0.3) is 0 Å². The first kappa shape index (κ1) is 14.8. The van der Waals surface area contributed by atoms with Crippen LogP contribution < -0.4 is 5.73 Å². The van der Waals surface area contributed by atoms with E-state index in [0.717, 1.165) is 16.7 Å². The summed E-state index contributed by atoms with van der Waals surface area (Å²) in [7, 11) is -3.14. The van der Waals surface area contributed by atoms with Crippen LogP contribution in [0.2, 0.25) is 0 Å². The second-order valence-electron chi connectivity index (χ2n) is 5.05. The number of rotatable bonds is 4. The van der Waals surface area contributed by atoms with Crippen molar-refractivity contribution < 1.29 is 8.42 Å². The average Bonchev–Trinajstić information content (AvgIpc) is 2.46. The first-order valence-corrected chi connectivity index (χ1v) is 8.45. The van der Waals surface area contributed by atoms with Crippen molar-refractivity contribution in [3.8, 4) is 11.1 Å². The fourth-order valence-corrected chi connectivity index (χ4v) is 2.76. The molecule has 0 saturated heterocycles. The largest absolute Gasteiger partial charge is 0.323 e. The molecule has 2 aromatic rings. The van der Waals surface area contributed by atoms with Gasteiger partial charge in [0.2, 0.25) is 0 Å². The van der Waals surface area contributed by atoms with Gasteiger partial charge in [0.15, 0.2) is 9.84 Å². The standard InChI is InChI=1S/C16H19NO2S/c1-12(20(2,18)19)16(17)15-10-8-14(9-11-15)13-6-4-3-5-7-13/h3-12,16H,17H2,1-2H3/t12-,16+/m1/s1. The first-order valence-electron chi connectivity index (χ1n) is 6.49. The lowest BCUT2D eigenvalue weighted by atomic mass is 10.00. The molecular formula is C16H19NO2S. The highest BCUT2D eigenvalue weighted by molar-refractivity contribution is 7.91. The quantitative estimate of drug-likeness (QED) is 0.941. The van der Waals surface area contributed by atoms with Crippen LogP contribution in [0.15, 0.2) is 54.6 Å². The van der Waals surface area contributed by atoms with Crippen molar-refractivity contribution in [2.24, 2.45) is 5.73 Å². The van der Waals surface area contributed by atoms with Crippen LogP contribution in [0, 0.1) is 0 Å². The zero-order chi connectivity index (χ0) is 14.8. The van der Waals surface area contributed by atoms with Crippen LogP contribution in [0.3, 0.4) is 0 Å². The maximum atomic E-state index is 11.6. The number of benzene rings is 2.